The van der Waals surface area contributed by atoms with Crippen LogP contribution in [0.5, 0.6) is 0 Å². The first kappa shape index (κ1) is 12.3. The highest BCUT2D eigenvalue weighted by atomic mass is 16.6. The first-order valence-electron chi connectivity index (χ1n) is 5.92. The Morgan fingerprint density at radius 1 is 1.47 bits per heavy atom. The zero-order chi connectivity index (χ0) is 11.5. The van der Waals surface area contributed by atoms with Gasteiger partial charge in [-0.05, 0) is 31.1 Å². The Kier molecular flexibility index (Phi) is 3.95. The molecule has 0 saturated heterocycles. The Morgan fingerprint density at radius 3 is 2.40 bits per heavy atom. The van der Waals surface area contributed by atoms with Gasteiger partial charge in [0.2, 0.25) is 0 Å². The number of rotatable bonds is 3. The molecule has 2 nitrogen and oxygen atoms in total. The molecule has 1 rings (SSSR count). The molecular weight excluding hydrogens is 188 g/mol. The van der Waals surface area contributed by atoms with Gasteiger partial charge in [0.25, 0.3) is 0 Å². The summed E-state index contributed by atoms with van der Waals surface area (Å²) in [5.74, 6) is 0.628. The fraction of sp³-hybridized carbons (Fsp3) is 0.769. The van der Waals surface area contributed by atoms with Gasteiger partial charge >= 0.3 is 5.97 Å². The Balaban J connectivity index is 2.87. The Hall–Kier alpha value is -0.790. The summed E-state index contributed by atoms with van der Waals surface area (Å²) in [7, 11) is 0. The minimum atomic E-state index is -0.280. The van der Waals surface area contributed by atoms with Gasteiger partial charge in [0.15, 0.2) is 0 Å². The molecule has 0 bridgehead atoms. The molecule has 15 heavy (non-hydrogen) atoms. The number of carbonyl (C=O) groups is 1. The van der Waals surface area contributed by atoms with E-state index in [0.717, 1.165) is 19.3 Å². The van der Waals surface area contributed by atoms with Gasteiger partial charge in [0, 0.05) is 6.08 Å². The normalized spacial score (nSPS) is 35.9. The number of ether oxygens (including phenoxy) is 1. The first-order chi connectivity index (χ1) is 7.06. The molecule has 0 heterocycles. The summed E-state index contributed by atoms with van der Waals surface area (Å²) in [6, 6.07) is 0. The molecule has 0 aromatic heterocycles. The van der Waals surface area contributed by atoms with E-state index in [-0.39, 0.29) is 11.6 Å². The van der Waals surface area contributed by atoms with Crippen LogP contribution >= 0.6 is 0 Å². The summed E-state index contributed by atoms with van der Waals surface area (Å²) in [4.78, 5) is 11.4. The second-order valence-corrected chi connectivity index (χ2v) is 4.67. The van der Waals surface area contributed by atoms with Crippen molar-refractivity contribution in [2.24, 2.45) is 11.8 Å². The molecule has 0 spiro atoms. The van der Waals surface area contributed by atoms with Crippen LogP contribution in [-0.2, 0) is 9.53 Å². The minimum absolute atomic E-state index is 0.260. The van der Waals surface area contributed by atoms with E-state index in [1.165, 1.54) is 12.5 Å². The lowest BCUT2D eigenvalue weighted by Gasteiger charge is -2.46. The molecule has 0 aliphatic heterocycles. The van der Waals surface area contributed by atoms with Crippen LogP contribution in [0.15, 0.2) is 12.7 Å². The van der Waals surface area contributed by atoms with Gasteiger partial charge in [-0.2, -0.15) is 0 Å². The number of esters is 1. The van der Waals surface area contributed by atoms with Crippen LogP contribution in [0.4, 0.5) is 0 Å². The van der Waals surface area contributed by atoms with Gasteiger partial charge in [0.05, 0.1) is 0 Å². The summed E-state index contributed by atoms with van der Waals surface area (Å²) < 4.78 is 5.64. The molecule has 1 fully saturated rings. The smallest absolute Gasteiger partial charge is 0.330 e. The number of hydrogen-bond donors (Lipinski definition) is 0. The number of carbonyl (C=O) groups excluding carboxylic acids is 1. The second-order valence-electron chi connectivity index (χ2n) is 4.67. The van der Waals surface area contributed by atoms with Crippen molar-refractivity contribution in [3.8, 4) is 0 Å². The second kappa shape index (κ2) is 4.82. The molecule has 0 aromatic rings. The van der Waals surface area contributed by atoms with E-state index in [2.05, 4.69) is 27.4 Å². The summed E-state index contributed by atoms with van der Waals surface area (Å²) >= 11 is 0. The predicted molar refractivity (Wildman–Crippen MR) is 61.5 cm³/mol. The van der Waals surface area contributed by atoms with E-state index in [4.69, 9.17) is 4.74 Å². The highest BCUT2D eigenvalue weighted by Gasteiger charge is 2.45. The van der Waals surface area contributed by atoms with Gasteiger partial charge < -0.3 is 4.74 Å². The highest BCUT2D eigenvalue weighted by molar-refractivity contribution is 5.81. The molecule has 1 aliphatic rings. The fourth-order valence-corrected chi connectivity index (χ4v) is 2.90. The van der Waals surface area contributed by atoms with Gasteiger partial charge in [-0.25, -0.2) is 4.79 Å². The third-order valence-corrected chi connectivity index (χ3v) is 3.95. The van der Waals surface area contributed by atoms with Crippen LogP contribution in [0, 0.1) is 11.8 Å². The van der Waals surface area contributed by atoms with Crippen molar-refractivity contribution in [3.05, 3.63) is 12.7 Å². The average molecular weight is 210 g/mol. The molecular formula is C13H22O2. The molecule has 0 aromatic carbocycles. The topological polar surface area (TPSA) is 26.3 Å². The van der Waals surface area contributed by atoms with Crippen molar-refractivity contribution in [3.63, 3.8) is 0 Å². The number of hydrogen-bond acceptors (Lipinski definition) is 2. The van der Waals surface area contributed by atoms with Gasteiger partial charge in [-0.1, -0.05) is 33.8 Å². The van der Waals surface area contributed by atoms with Crippen molar-refractivity contribution in [2.45, 2.75) is 52.1 Å². The largest absolute Gasteiger partial charge is 0.455 e. The summed E-state index contributed by atoms with van der Waals surface area (Å²) in [6.45, 7) is 9.95. The zero-order valence-electron chi connectivity index (χ0n) is 10.1. The van der Waals surface area contributed by atoms with E-state index < -0.39 is 0 Å². The minimum Gasteiger partial charge on any atom is -0.455 e. The van der Waals surface area contributed by atoms with Gasteiger partial charge in [-0.15, -0.1) is 0 Å². The monoisotopic (exact) mass is 210 g/mol. The molecule has 1 saturated carbocycles. The molecule has 2 unspecified atom stereocenters. The summed E-state index contributed by atoms with van der Waals surface area (Å²) in [6.07, 6.45) is 5.72. The lowest BCUT2D eigenvalue weighted by atomic mass is 9.68. The van der Waals surface area contributed by atoms with Crippen LogP contribution < -0.4 is 0 Å². The Bertz CT molecular complexity index is 235. The molecule has 0 amide bonds. The van der Waals surface area contributed by atoms with Crippen molar-refractivity contribution < 1.29 is 9.53 Å². The third-order valence-electron chi connectivity index (χ3n) is 3.95. The lowest BCUT2D eigenvalue weighted by molar-refractivity contribution is -0.173. The van der Waals surface area contributed by atoms with Crippen molar-refractivity contribution >= 4 is 5.97 Å². The van der Waals surface area contributed by atoms with E-state index in [1.54, 1.807) is 0 Å². The third kappa shape index (κ3) is 2.24. The Morgan fingerprint density at radius 2 is 2.00 bits per heavy atom. The summed E-state index contributed by atoms with van der Waals surface area (Å²) in [5, 5.41) is 0. The molecule has 0 radical (unpaired) electrons. The fourth-order valence-electron chi connectivity index (χ4n) is 2.90. The average Bonchev–Trinajstić information content (AvgIpc) is 2.23. The van der Waals surface area contributed by atoms with E-state index in [1.807, 2.05) is 0 Å². The highest BCUT2D eigenvalue weighted by Crippen LogP contribution is 2.43. The van der Waals surface area contributed by atoms with Crippen LogP contribution in [-0.4, -0.2) is 11.6 Å². The first-order valence-corrected chi connectivity index (χ1v) is 5.92. The maximum atomic E-state index is 11.4. The maximum Gasteiger partial charge on any atom is 0.330 e. The van der Waals surface area contributed by atoms with Crippen LogP contribution in [0.3, 0.4) is 0 Å². The standard InChI is InChI=1S/C13H22O2/c1-5-12(14)15-13(6-2)10(3)8-7-9-11(13)4/h5,10-11H,1,6-9H2,2-4H3. The molecule has 0 N–H and O–H groups in total. The molecule has 86 valence electrons. The maximum absolute atomic E-state index is 11.4. The van der Waals surface area contributed by atoms with E-state index in [9.17, 15) is 4.79 Å². The van der Waals surface area contributed by atoms with Gasteiger partial charge in [0.1, 0.15) is 5.60 Å². The van der Waals surface area contributed by atoms with Crippen molar-refractivity contribution in [1.29, 1.82) is 0 Å². The lowest BCUT2D eigenvalue weighted by Crippen LogP contribution is -2.48. The van der Waals surface area contributed by atoms with Crippen molar-refractivity contribution in [1.82, 2.24) is 0 Å². The summed E-state index contributed by atoms with van der Waals surface area (Å²) in [5.41, 5.74) is -0.260. The van der Waals surface area contributed by atoms with Crippen molar-refractivity contribution in [2.75, 3.05) is 0 Å². The van der Waals surface area contributed by atoms with Crippen LogP contribution in [0.1, 0.15) is 46.5 Å². The van der Waals surface area contributed by atoms with E-state index in [0.29, 0.717) is 11.8 Å². The quantitative estimate of drug-likeness (QED) is 0.527. The van der Waals surface area contributed by atoms with Crippen LogP contribution in [0.2, 0.25) is 0 Å². The Labute approximate surface area is 92.7 Å². The SMILES string of the molecule is C=CC(=O)OC1(CC)C(C)CCCC1C. The van der Waals surface area contributed by atoms with Gasteiger partial charge in [-0.3, -0.25) is 0 Å². The molecule has 2 heteroatoms. The zero-order valence-corrected chi connectivity index (χ0v) is 10.1. The predicted octanol–water partition coefficient (Wildman–Crippen LogP) is 3.32. The van der Waals surface area contributed by atoms with E-state index >= 15 is 0 Å². The van der Waals surface area contributed by atoms with Crippen LogP contribution in [0.25, 0.3) is 0 Å². The molecule has 2 atom stereocenters. The molecule has 1 aliphatic carbocycles.